The third kappa shape index (κ3) is 56.3. The Bertz CT molecular complexity index is 910. The van der Waals surface area contributed by atoms with Crippen LogP contribution in [0.5, 0.6) is 0 Å². The number of hydrogen-bond acceptors (Lipinski definition) is 3. The average Bonchev–Trinajstić information content (AvgIpc) is 3.34. The Balaban J connectivity index is 3.37. The van der Waals surface area contributed by atoms with Crippen LogP contribution in [0.25, 0.3) is 0 Å². The number of carbonyl (C=O) groups excluding carboxylic acids is 1. The fraction of sp³-hybridized carbons (Fsp3) is 0.984. The first kappa shape index (κ1) is 67.4. The van der Waals surface area contributed by atoms with E-state index in [1.54, 1.807) is 0 Å². The average molecular weight is 961 g/mol. The molecule has 0 aromatic rings. The Kier molecular flexibility index (Phi) is 60.1. The molecule has 0 heterocycles. The van der Waals surface area contributed by atoms with E-state index in [-0.39, 0.29) is 12.5 Å². The monoisotopic (exact) mass is 960 g/mol. The molecule has 0 aliphatic rings. The Morgan fingerprint density at radius 2 is 0.471 bits per heavy atom. The highest BCUT2D eigenvalue weighted by Crippen LogP contribution is 2.19. The third-order valence-corrected chi connectivity index (χ3v) is 15.6. The lowest BCUT2D eigenvalue weighted by molar-refractivity contribution is -0.123. The van der Waals surface area contributed by atoms with Crippen LogP contribution in [-0.2, 0) is 4.79 Å². The molecular formula is C64H129NO3. The predicted octanol–water partition coefficient (Wildman–Crippen LogP) is 21.5. The summed E-state index contributed by atoms with van der Waals surface area (Å²) < 4.78 is 0. The van der Waals surface area contributed by atoms with Crippen LogP contribution in [0.1, 0.15) is 386 Å². The fourth-order valence-electron chi connectivity index (χ4n) is 10.7. The maximum atomic E-state index is 12.5. The molecule has 0 aromatic heterocycles. The van der Waals surface area contributed by atoms with Gasteiger partial charge in [0, 0.05) is 6.42 Å². The molecule has 0 aromatic carbocycles. The summed E-state index contributed by atoms with van der Waals surface area (Å²) >= 11 is 0. The van der Waals surface area contributed by atoms with Gasteiger partial charge in [-0.2, -0.15) is 0 Å². The van der Waals surface area contributed by atoms with E-state index in [1.807, 2.05) is 0 Å². The molecular weight excluding hydrogens is 831 g/mol. The maximum Gasteiger partial charge on any atom is 0.220 e. The van der Waals surface area contributed by atoms with E-state index in [2.05, 4.69) is 19.2 Å². The number of nitrogens with one attached hydrogen (secondary N) is 1. The van der Waals surface area contributed by atoms with Gasteiger partial charge >= 0.3 is 0 Å². The topological polar surface area (TPSA) is 69.6 Å². The van der Waals surface area contributed by atoms with Crippen molar-refractivity contribution in [3.05, 3.63) is 0 Å². The molecule has 0 spiro atoms. The first-order valence-corrected chi connectivity index (χ1v) is 32.2. The Morgan fingerprint density at radius 1 is 0.294 bits per heavy atom. The van der Waals surface area contributed by atoms with Crippen LogP contribution < -0.4 is 5.32 Å². The smallest absolute Gasteiger partial charge is 0.220 e. The molecule has 0 saturated carbocycles. The number of carbonyl (C=O) groups is 1. The van der Waals surface area contributed by atoms with Crippen LogP contribution in [0.15, 0.2) is 0 Å². The standard InChI is InChI=1S/C64H129NO3/c1-3-5-7-9-11-13-15-17-19-21-23-25-27-29-31-32-34-36-38-40-42-44-46-48-50-52-54-56-58-60-64(68)65-62(61-66)63(67)59-57-55-53-51-49-47-45-43-41-39-37-35-33-30-28-26-24-22-20-18-16-14-12-10-8-6-4-2/h62-63,66-67H,3-61H2,1-2H3,(H,65,68). The van der Waals surface area contributed by atoms with E-state index in [4.69, 9.17) is 0 Å². The Labute approximate surface area is 429 Å². The van der Waals surface area contributed by atoms with Crippen molar-refractivity contribution in [1.29, 1.82) is 0 Å². The van der Waals surface area contributed by atoms with E-state index in [9.17, 15) is 15.0 Å². The summed E-state index contributed by atoms with van der Waals surface area (Å²) in [5.74, 6) is -0.0201. The number of amides is 1. The SMILES string of the molecule is CCCCCCCCCCCCCCCCCCCCCCCCCCCCCCCC(=O)NC(CO)C(O)CCCCCCCCCCCCCCCCCCCCCCCCCCCCC. The third-order valence-electron chi connectivity index (χ3n) is 15.6. The highest BCUT2D eigenvalue weighted by atomic mass is 16.3. The van der Waals surface area contributed by atoms with Crippen LogP contribution in [0, 0.1) is 0 Å². The van der Waals surface area contributed by atoms with Crippen molar-refractivity contribution in [1.82, 2.24) is 5.32 Å². The Hall–Kier alpha value is -0.610. The summed E-state index contributed by atoms with van der Waals surface area (Å²) in [6.07, 6.45) is 78.5. The van der Waals surface area contributed by atoms with Gasteiger partial charge in [-0.1, -0.05) is 367 Å². The molecule has 2 unspecified atom stereocenters. The molecule has 3 N–H and O–H groups in total. The van der Waals surface area contributed by atoms with Gasteiger partial charge in [0.05, 0.1) is 18.8 Å². The van der Waals surface area contributed by atoms with Crippen molar-refractivity contribution >= 4 is 5.91 Å². The highest BCUT2D eigenvalue weighted by Gasteiger charge is 2.20. The van der Waals surface area contributed by atoms with Crippen molar-refractivity contribution in [3.8, 4) is 0 Å². The van der Waals surface area contributed by atoms with Gasteiger partial charge in [-0.15, -0.1) is 0 Å². The maximum absolute atomic E-state index is 12.5. The second-order valence-corrected chi connectivity index (χ2v) is 22.6. The van der Waals surface area contributed by atoms with E-state index in [0.29, 0.717) is 12.8 Å². The van der Waals surface area contributed by atoms with E-state index >= 15 is 0 Å². The molecule has 4 heteroatoms. The molecule has 2 atom stereocenters. The molecule has 0 fully saturated rings. The van der Waals surface area contributed by atoms with Crippen molar-refractivity contribution in [2.75, 3.05) is 6.61 Å². The molecule has 0 rings (SSSR count). The minimum absolute atomic E-state index is 0.0201. The predicted molar refractivity (Wildman–Crippen MR) is 304 cm³/mol. The van der Waals surface area contributed by atoms with Gasteiger partial charge in [0.2, 0.25) is 5.91 Å². The van der Waals surface area contributed by atoms with Gasteiger partial charge in [-0.3, -0.25) is 4.79 Å². The first-order chi connectivity index (χ1) is 33.7. The van der Waals surface area contributed by atoms with Crippen molar-refractivity contribution in [2.24, 2.45) is 0 Å². The van der Waals surface area contributed by atoms with Crippen LogP contribution in [0.3, 0.4) is 0 Å². The van der Waals surface area contributed by atoms with Gasteiger partial charge in [0.1, 0.15) is 0 Å². The molecule has 0 aliphatic heterocycles. The van der Waals surface area contributed by atoms with Crippen molar-refractivity contribution in [3.63, 3.8) is 0 Å². The lowest BCUT2D eigenvalue weighted by Gasteiger charge is -2.22. The quantitative estimate of drug-likeness (QED) is 0.0532. The second kappa shape index (κ2) is 60.7. The lowest BCUT2D eigenvalue weighted by atomic mass is 10.0. The van der Waals surface area contributed by atoms with Gasteiger partial charge in [-0.05, 0) is 12.8 Å². The summed E-state index contributed by atoms with van der Waals surface area (Å²) in [6.45, 7) is 4.42. The van der Waals surface area contributed by atoms with Crippen LogP contribution in [-0.4, -0.2) is 34.9 Å². The normalized spacial score (nSPS) is 12.6. The summed E-state index contributed by atoms with van der Waals surface area (Å²) in [7, 11) is 0. The number of rotatable bonds is 61. The Morgan fingerprint density at radius 3 is 0.662 bits per heavy atom. The largest absolute Gasteiger partial charge is 0.394 e. The van der Waals surface area contributed by atoms with Gasteiger partial charge in [-0.25, -0.2) is 0 Å². The fourth-order valence-corrected chi connectivity index (χ4v) is 10.7. The minimum atomic E-state index is -0.656. The molecule has 1 amide bonds. The first-order valence-electron chi connectivity index (χ1n) is 32.2. The van der Waals surface area contributed by atoms with E-state index in [1.165, 1.54) is 334 Å². The summed E-state index contributed by atoms with van der Waals surface area (Å²) in [6, 6.07) is -0.532. The number of unbranched alkanes of at least 4 members (excludes halogenated alkanes) is 54. The molecule has 68 heavy (non-hydrogen) atoms. The summed E-state index contributed by atoms with van der Waals surface area (Å²) in [4.78, 5) is 12.5. The minimum Gasteiger partial charge on any atom is -0.394 e. The molecule has 0 bridgehead atoms. The van der Waals surface area contributed by atoms with Crippen molar-refractivity contribution < 1.29 is 15.0 Å². The van der Waals surface area contributed by atoms with Crippen LogP contribution in [0.4, 0.5) is 0 Å². The molecule has 408 valence electrons. The summed E-state index contributed by atoms with van der Waals surface area (Å²) in [5, 5.41) is 23.4. The van der Waals surface area contributed by atoms with Gasteiger partial charge in [0.15, 0.2) is 0 Å². The molecule has 4 nitrogen and oxygen atoms in total. The van der Waals surface area contributed by atoms with Crippen LogP contribution >= 0.6 is 0 Å². The number of hydrogen-bond donors (Lipinski definition) is 3. The lowest BCUT2D eigenvalue weighted by Crippen LogP contribution is -2.45. The zero-order chi connectivity index (χ0) is 49.2. The molecule has 0 radical (unpaired) electrons. The summed E-state index contributed by atoms with van der Waals surface area (Å²) in [5.41, 5.74) is 0. The zero-order valence-corrected chi connectivity index (χ0v) is 47.2. The van der Waals surface area contributed by atoms with Gasteiger partial charge < -0.3 is 15.5 Å². The second-order valence-electron chi connectivity index (χ2n) is 22.6. The number of aliphatic hydroxyl groups is 2. The molecule has 0 aliphatic carbocycles. The zero-order valence-electron chi connectivity index (χ0n) is 47.2. The van der Waals surface area contributed by atoms with Crippen molar-refractivity contribution in [2.45, 2.75) is 398 Å². The van der Waals surface area contributed by atoms with E-state index < -0.39 is 12.1 Å². The van der Waals surface area contributed by atoms with Crippen LogP contribution in [0.2, 0.25) is 0 Å². The molecule has 0 saturated heterocycles. The van der Waals surface area contributed by atoms with E-state index in [0.717, 1.165) is 25.7 Å². The van der Waals surface area contributed by atoms with Gasteiger partial charge in [0.25, 0.3) is 0 Å². The number of aliphatic hydroxyl groups excluding tert-OH is 2. The highest BCUT2D eigenvalue weighted by molar-refractivity contribution is 5.76.